The van der Waals surface area contributed by atoms with Crippen molar-refractivity contribution in [3.8, 4) is 5.69 Å². The van der Waals surface area contributed by atoms with Gasteiger partial charge in [0.2, 0.25) is 0 Å². The number of carbonyl (C=O) groups is 2. The third-order valence-corrected chi connectivity index (χ3v) is 5.58. The van der Waals surface area contributed by atoms with Gasteiger partial charge in [0.05, 0.1) is 36.3 Å². The second-order valence-electron chi connectivity index (χ2n) is 7.90. The number of amides is 2. The van der Waals surface area contributed by atoms with Crippen molar-refractivity contribution in [3.63, 3.8) is 0 Å². The highest BCUT2D eigenvalue weighted by Crippen LogP contribution is 2.29. The van der Waals surface area contributed by atoms with Gasteiger partial charge in [-0.3, -0.25) is 9.36 Å². The van der Waals surface area contributed by atoms with E-state index in [1.165, 1.54) is 17.1 Å². The number of hydrogen-bond donors (Lipinski definition) is 2. The summed E-state index contributed by atoms with van der Waals surface area (Å²) >= 11 is 0. The molecule has 0 aliphatic carbocycles. The van der Waals surface area contributed by atoms with Crippen molar-refractivity contribution in [2.75, 3.05) is 6.61 Å². The molecule has 4 heterocycles. The van der Waals surface area contributed by atoms with Gasteiger partial charge in [0.15, 0.2) is 5.65 Å². The summed E-state index contributed by atoms with van der Waals surface area (Å²) in [5.74, 6) is 0.370. The number of para-hydroxylation sites is 1. The van der Waals surface area contributed by atoms with Crippen LogP contribution in [0.25, 0.3) is 16.7 Å². The zero-order chi connectivity index (χ0) is 24.5. The first-order chi connectivity index (χ1) is 17.0. The van der Waals surface area contributed by atoms with E-state index in [1.54, 1.807) is 30.7 Å². The highest BCUT2D eigenvalue weighted by Gasteiger charge is 2.35. The number of urea groups is 1. The van der Waals surface area contributed by atoms with Crippen LogP contribution >= 0.6 is 0 Å². The van der Waals surface area contributed by atoms with Gasteiger partial charge in [0.25, 0.3) is 5.56 Å². The Morgan fingerprint density at radius 1 is 1.17 bits per heavy atom. The quantitative estimate of drug-likeness (QED) is 0.410. The molecule has 2 N–H and O–H groups in total. The monoisotopic (exact) mass is 474 g/mol. The summed E-state index contributed by atoms with van der Waals surface area (Å²) < 4.78 is 13.8. The molecule has 1 aromatic carbocycles. The first-order valence-corrected chi connectivity index (χ1v) is 11.0. The van der Waals surface area contributed by atoms with Gasteiger partial charge in [-0.2, -0.15) is 5.10 Å². The molecule has 178 valence electrons. The molecule has 0 saturated carbocycles. The minimum Gasteiger partial charge on any atom is -0.464 e. The highest BCUT2D eigenvalue weighted by atomic mass is 16.5. The van der Waals surface area contributed by atoms with E-state index in [9.17, 15) is 14.4 Å². The van der Waals surface area contributed by atoms with Crippen molar-refractivity contribution in [2.24, 2.45) is 0 Å². The van der Waals surface area contributed by atoms with E-state index in [4.69, 9.17) is 9.15 Å². The SMILES string of the molecule is CCOC(=O)C1=C(Cn2cnc3c(cnn3-c3ccccc3)c2=O)NC(=O)NC1c1ccc(C)o1. The van der Waals surface area contributed by atoms with Crippen LogP contribution in [0.15, 0.2) is 75.5 Å². The maximum atomic E-state index is 13.3. The molecule has 3 aromatic heterocycles. The van der Waals surface area contributed by atoms with Crippen LogP contribution in [0, 0.1) is 6.92 Å². The van der Waals surface area contributed by atoms with Gasteiger partial charge in [0, 0.05) is 0 Å². The van der Waals surface area contributed by atoms with Crippen molar-refractivity contribution >= 4 is 23.0 Å². The number of allylic oxidation sites excluding steroid dienone is 1. The number of ether oxygens (including phenoxy) is 1. The predicted octanol–water partition coefficient (Wildman–Crippen LogP) is 2.35. The number of nitrogens with one attached hydrogen (secondary N) is 2. The largest absolute Gasteiger partial charge is 0.464 e. The van der Waals surface area contributed by atoms with Crippen molar-refractivity contribution in [1.29, 1.82) is 0 Å². The lowest BCUT2D eigenvalue weighted by atomic mass is 10.00. The lowest BCUT2D eigenvalue weighted by Gasteiger charge is -2.28. The fourth-order valence-corrected chi connectivity index (χ4v) is 4.00. The normalized spacial score (nSPS) is 15.7. The minimum atomic E-state index is -0.875. The maximum Gasteiger partial charge on any atom is 0.338 e. The lowest BCUT2D eigenvalue weighted by Crippen LogP contribution is -2.47. The van der Waals surface area contributed by atoms with E-state index < -0.39 is 18.0 Å². The van der Waals surface area contributed by atoms with Crippen LogP contribution in [0.5, 0.6) is 0 Å². The summed E-state index contributed by atoms with van der Waals surface area (Å²) in [5.41, 5.74) is 1.15. The number of esters is 1. The number of furan rings is 1. The van der Waals surface area contributed by atoms with Crippen LogP contribution in [0.3, 0.4) is 0 Å². The summed E-state index contributed by atoms with van der Waals surface area (Å²) in [5, 5.41) is 9.95. The Bertz CT molecular complexity index is 1510. The Morgan fingerprint density at radius 2 is 1.97 bits per heavy atom. The molecule has 5 rings (SSSR count). The van der Waals surface area contributed by atoms with Crippen molar-refractivity contribution in [2.45, 2.75) is 26.4 Å². The number of hydrogen-bond acceptors (Lipinski definition) is 7. The average Bonchev–Trinajstić information content (AvgIpc) is 3.48. The number of nitrogens with zero attached hydrogens (tertiary/aromatic N) is 4. The molecule has 11 nitrogen and oxygen atoms in total. The molecule has 1 atom stereocenters. The molecule has 0 spiro atoms. The van der Waals surface area contributed by atoms with Crippen LogP contribution in [-0.2, 0) is 16.1 Å². The standard InChI is InChI=1S/C24H22N6O5/c1-3-34-23(32)19-17(27-24(33)28-20(19)18-10-9-14(2)35-18)12-29-13-25-21-16(22(29)31)11-26-30(21)15-7-5-4-6-8-15/h4-11,13,20H,3,12H2,1-2H3,(H2,27,28,33). The third kappa shape index (κ3) is 4.07. The van der Waals surface area contributed by atoms with Gasteiger partial charge in [0.1, 0.15) is 29.3 Å². The van der Waals surface area contributed by atoms with Gasteiger partial charge in [-0.25, -0.2) is 19.3 Å². The second-order valence-corrected chi connectivity index (χ2v) is 7.90. The highest BCUT2D eigenvalue weighted by molar-refractivity contribution is 5.95. The zero-order valence-corrected chi connectivity index (χ0v) is 19.0. The molecule has 1 unspecified atom stereocenters. The van der Waals surface area contributed by atoms with Gasteiger partial charge in [-0.15, -0.1) is 0 Å². The first kappa shape index (κ1) is 22.1. The fraction of sp³-hybridized carbons (Fsp3) is 0.208. The van der Waals surface area contributed by atoms with Crippen LogP contribution in [0.1, 0.15) is 24.5 Å². The Balaban J connectivity index is 1.58. The summed E-state index contributed by atoms with van der Waals surface area (Å²) in [7, 11) is 0. The molecule has 2 amide bonds. The van der Waals surface area contributed by atoms with E-state index in [0.717, 1.165) is 5.69 Å². The van der Waals surface area contributed by atoms with Crippen molar-refractivity contribution in [1.82, 2.24) is 30.0 Å². The van der Waals surface area contributed by atoms with Crippen LogP contribution in [0.2, 0.25) is 0 Å². The van der Waals surface area contributed by atoms with Crippen LogP contribution in [-0.4, -0.2) is 37.9 Å². The Kier molecular flexibility index (Phi) is 5.65. The molecule has 1 aliphatic heterocycles. The summed E-state index contributed by atoms with van der Waals surface area (Å²) in [6, 6.07) is 11.3. The predicted molar refractivity (Wildman–Crippen MR) is 125 cm³/mol. The Hall–Kier alpha value is -4.67. The van der Waals surface area contributed by atoms with Gasteiger partial charge in [-0.05, 0) is 38.1 Å². The van der Waals surface area contributed by atoms with E-state index >= 15 is 0 Å². The van der Waals surface area contributed by atoms with Crippen LogP contribution < -0.4 is 16.2 Å². The molecule has 1 aliphatic rings. The van der Waals surface area contributed by atoms with Gasteiger partial charge >= 0.3 is 12.0 Å². The van der Waals surface area contributed by atoms with E-state index in [1.807, 2.05) is 30.3 Å². The average molecular weight is 474 g/mol. The topological polar surface area (TPSA) is 133 Å². The lowest BCUT2D eigenvalue weighted by molar-refractivity contribution is -0.139. The number of aromatic nitrogens is 4. The third-order valence-electron chi connectivity index (χ3n) is 5.58. The molecule has 4 aromatic rings. The maximum absolute atomic E-state index is 13.3. The Labute approximate surface area is 199 Å². The molecule has 0 radical (unpaired) electrons. The van der Waals surface area contributed by atoms with Gasteiger partial charge < -0.3 is 19.8 Å². The second kappa shape index (κ2) is 8.93. The first-order valence-electron chi connectivity index (χ1n) is 11.0. The summed E-state index contributed by atoms with van der Waals surface area (Å²) in [4.78, 5) is 43.1. The number of benzene rings is 1. The van der Waals surface area contributed by atoms with E-state index in [0.29, 0.717) is 22.6 Å². The molecule has 0 saturated heterocycles. The summed E-state index contributed by atoms with van der Waals surface area (Å²) in [6.45, 7) is 3.47. The molecule has 0 bridgehead atoms. The smallest absolute Gasteiger partial charge is 0.338 e. The van der Waals surface area contributed by atoms with Gasteiger partial charge in [-0.1, -0.05) is 18.2 Å². The van der Waals surface area contributed by atoms with E-state index in [-0.39, 0.29) is 30.0 Å². The number of aryl methyl sites for hydroxylation is 1. The van der Waals surface area contributed by atoms with Crippen molar-refractivity contribution in [3.05, 3.63) is 88.1 Å². The molecule has 11 heteroatoms. The molecular formula is C24H22N6O5. The molecule has 35 heavy (non-hydrogen) atoms. The van der Waals surface area contributed by atoms with Crippen molar-refractivity contribution < 1.29 is 18.7 Å². The fourth-order valence-electron chi connectivity index (χ4n) is 4.00. The molecule has 0 fully saturated rings. The minimum absolute atomic E-state index is 0.115. The number of rotatable bonds is 6. The van der Waals surface area contributed by atoms with Crippen LogP contribution in [0.4, 0.5) is 4.79 Å². The van der Waals surface area contributed by atoms with E-state index in [2.05, 4.69) is 20.7 Å². The molecular weight excluding hydrogens is 452 g/mol. The zero-order valence-electron chi connectivity index (χ0n) is 19.0. The Morgan fingerprint density at radius 3 is 2.69 bits per heavy atom. The number of carbonyl (C=O) groups excluding carboxylic acids is 2. The number of fused-ring (bicyclic) bond motifs is 1. The summed E-state index contributed by atoms with van der Waals surface area (Å²) in [6.07, 6.45) is 2.81.